The van der Waals surface area contributed by atoms with Gasteiger partial charge < -0.3 is 20.3 Å². The van der Waals surface area contributed by atoms with E-state index in [1.54, 1.807) is 18.2 Å². The maximum atomic E-state index is 12.3. The molecule has 0 unspecified atom stereocenters. The minimum absolute atomic E-state index is 0.0402. The monoisotopic (exact) mass is 383 g/mol. The van der Waals surface area contributed by atoms with E-state index >= 15 is 0 Å². The summed E-state index contributed by atoms with van der Waals surface area (Å²) in [7, 11) is 0. The number of aryl methyl sites for hydroxylation is 2. The van der Waals surface area contributed by atoms with E-state index in [-0.39, 0.29) is 17.5 Å². The molecule has 3 rings (SSSR count). The van der Waals surface area contributed by atoms with Crippen LogP contribution in [0.4, 0.5) is 5.69 Å². The molecule has 1 aliphatic carbocycles. The van der Waals surface area contributed by atoms with Crippen molar-refractivity contribution in [2.75, 3.05) is 5.32 Å². The number of carbonyl (C=O) groups excluding carboxylic acids is 2. The Hall–Kier alpha value is -3.35. The first-order valence-electron chi connectivity index (χ1n) is 8.87. The Morgan fingerprint density at radius 3 is 2.46 bits per heavy atom. The van der Waals surface area contributed by atoms with Gasteiger partial charge in [0.1, 0.15) is 23.7 Å². The number of benzene rings is 2. The van der Waals surface area contributed by atoms with Crippen LogP contribution in [0.15, 0.2) is 24.3 Å². The molecule has 0 spiro atoms. The highest BCUT2D eigenvalue weighted by Crippen LogP contribution is 2.41. The zero-order chi connectivity index (χ0) is 20.6. The van der Waals surface area contributed by atoms with Crippen LogP contribution in [-0.2, 0) is 16.0 Å². The van der Waals surface area contributed by atoms with E-state index in [0.29, 0.717) is 34.7 Å². The molecule has 146 valence electrons. The first-order valence-corrected chi connectivity index (χ1v) is 8.87. The van der Waals surface area contributed by atoms with E-state index in [1.165, 1.54) is 6.07 Å². The Morgan fingerprint density at radius 2 is 1.86 bits per heavy atom. The van der Waals surface area contributed by atoms with Crippen molar-refractivity contribution in [3.63, 3.8) is 0 Å². The number of carboxylic acid groups (broad SMARTS) is 1. The molecular weight excluding hydrogens is 362 g/mol. The van der Waals surface area contributed by atoms with Crippen molar-refractivity contribution in [2.24, 2.45) is 5.92 Å². The second-order valence-electron chi connectivity index (χ2n) is 7.07. The van der Waals surface area contributed by atoms with Crippen molar-refractivity contribution in [2.45, 2.75) is 33.6 Å². The van der Waals surface area contributed by atoms with E-state index in [2.05, 4.69) is 5.32 Å². The van der Waals surface area contributed by atoms with E-state index < -0.39 is 18.3 Å². The second kappa shape index (κ2) is 7.34. The number of ketones is 1. The number of phenols is 1. The molecule has 1 amide bonds. The molecule has 1 atom stereocenters. The molecule has 7 nitrogen and oxygen atoms in total. The molecule has 1 aliphatic rings. The third-order valence-electron chi connectivity index (χ3n) is 4.72. The fraction of sp³-hybridized carbons (Fsp3) is 0.286. The van der Waals surface area contributed by atoms with Crippen LogP contribution in [0.5, 0.6) is 17.2 Å². The predicted molar refractivity (Wildman–Crippen MR) is 102 cm³/mol. The highest BCUT2D eigenvalue weighted by molar-refractivity contribution is 6.05. The topological polar surface area (TPSA) is 113 Å². The summed E-state index contributed by atoms with van der Waals surface area (Å²) in [5, 5.41) is 21.3. The average Bonchev–Trinajstić information content (AvgIpc) is 2.88. The number of hydrogen-bond acceptors (Lipinski definition) is 5. The summed E-state index contributed by atoms with van der Waals surface area (Å²) in [6, 6.07) is 6.48. The molecule has 2 aromatic carbocycles. The van der Waals surface area contributed by atoms with Gasteiger partial charge >= 0.3 is 5.97 Å². The molecule has 0 aliphatic heterocycles. The highest BCUT2D eigenvalue weighted by atomic mass is 16.5. The van der Waals surface area contributed by atoms with E-state index in [0.717, 1.165) is 11.1 Å². The second-order valence-corrected chi connectivity index (χ2v) is 7.07. The van der Waals surface area contributed by atoms with Gasteiger partial charge in [0.2, 0.25) is 5.91 Å². The lowest BCUT2D eigenvalue weighted by Gasteiger charge is -2.16. The van der Waals surface area contributed by atoms with Crippen molar-refractivity contribution in [1.82, 2.24) is 0 Å². The van der Waals surface area contributed by atoms with Gasteiger partial charge in [0.05, 0.1) is 5.56 Å². The first kappa shape index (κ1) is 19.4. The molecule has 0 radical (unpaired) electrons. The van der Waals surface area contributed by atoms with Crippen LogP contribution in [0, 0.1) is 19.8 Å². The van der Waals surface area contributed by atoms with Crippen LogP contribution in [0.25, 0.3) is 0 Å². The summed E-state index contributed by atoms with van der Waals surface area (Å²) in [6.45, 7) is 5.43. The first-order chi connectivity index (χ1) is 13.2. The smallest absolute Gasteiger partial charge is 0.312 e. The van der Waals surface area contributed by atoms with Gasteiger partial charge in [0.25, 0.3) is 0 Å². The van der Waals surface area contributed by atoms with Crippen LogP contribution in [0.1, 0.15) is 40.4 Å². The number of anilines is 1. The molecule has 0 saturated carbocycles. The molecule has 0 fully saturated rings. The summed E-state index contributed by atoms with van der Waals surface area (Å²) in [5.74, 6) is -1.06. The summed E-state index contributed by atoms with van der Waals surface area (Å²) in [6.07, 6.45) is -0.110. The number of amides is 1. The van der Waals surface area contributed by atoms with Crippen LogP contribution in [0.2, 0.25) is 0 Å². The van der Waals surface area contributed by atoms with Gasteiger partial charge in [0, 0.05) is 17.2 Å². The zero-order valence-corrected chi connectivity index (χ0v) is 15.8. The number of aromatic hydroxyl groups is 1. The van der Waals surface area contributed by atoms with Crippen molar-refractivity contribution in [3.8, 4) is 17.2 Å². The quantitative estimate of drug-likeness (QED) is 0.680. The number of ether oxygens (including phenoxy) is 1. The standard InChI is InChI=1S/C21H21NO6/c1-10-8-14-16(5-4-15(23)19(14)20(10)27)28-21-11(2)6-13(7-12(21)3)22-17(24)9-18(25)26/h4-7,10,23H,8-9H2,1-3H3,(H,22,24)(H,25,26)/t10-/m1/s1. The average molecular weight is 383 g/mol. The normalized spacial score (nSPS) is 15.2. The summed E-state index contributed by atoms with van der Waals surface area (Å²) >= 11 is 0. The van der Waals surface area contributed by atoms with Gasteiger partial charge in [-0.15, -0.1) is 0 Å². The lowest BCUT2D eigenvalue weighted by molar-refractivity contribution is -0.139. The Kier molecular flexibility index (Phi) is 5.09. The zero-order valence-electron chi connectivity index (χ0n) is 15.8. The van der Waals surface area contributed by atoms with Crippen molar-refractivity contribution < 1.29 is 29.3 Å². The number of aliphatic carboxylic acids is 1. The fourth-order valence-corrected chi connectivity index (χ4v) is 3.47. The molecule has 0 bridgehead atoms. The van der Waals surface area contributed by atoms with Gasteiger partial charge in [-0.2, -0.15) is 0 Å². The number of phenolic OH excluding ortho intramolecular Hbond substituents is 1. The number of hydrogen-bond donors (Lipinski definition) is 3. The maximum Gasteiger partial charge on any atom is 0.312 e. The Balaban J connectivity index is 1.90. The van der Waals surface area contributed by atoms with Gasteiger partial charge in [-0.05, 0) is 55.7 Å². The molecule has 7 heteroatoms. The van der Waals surface area contributed by atoms with Crippen molar-refractivity contribution in [3.05, 3.63) is 46.5 Å². The Bertz CT molecular complexity index is 972. The van der Waals surface area contributed by atoms with Crippen LogP contribution < -0.4 is 10.1 Å². The molecule has 3 N–H and O–H groups in total. The lowest BCUT2D eigenvalue weighted by atomic mass is 10.1. The van der Waals surface area contributed by atoms with Gasteiger partial charge in [0.15, 0.2) is 5.78 Å². The Morgan fingerprint density at radius 1 is 1.21 bits per heavy atom. The van der Waals surface area contributed by atoms with Crippen LogP contribution in [0.3, 0.4) is 0 Å². The fourth-order valence-electron chi connectivity index (χ4n) is 3.47. The maximum absolute atomic E-state index is 12.3. The van der Waals surface area contributed by atoms with Crippen molar-refractivity contribution >= 4 is 23.3 Å². The molecule has 2 aromatic rings. The SMILES string of the molecule is Cc1cc(NC(=O)CC(=O)O)cc(C)c1Oc1ccc(O)c2c1C[C@@H](C)C2=O. The Labute approximate surface area is 162 Å². The summed E-state index contributed by atoms with van der Waals surface area (Å²) < 4.78 is 6.09. The number of carbonyl (C=O) groups is 3. The third-order valence-corrected chi connectivity index (χ3v) is 4.72. The molecule has 0 heterocycles. The van der Waals surface area contributed by atoms with E-state index in [1.807, 2.05) is 20.8 Å². The molecular formula is C21H21NO6. The number of nitrogens with one attached hydrogen (secondary N) is 1. The lowest BCUT2D eigenvalue weighted by Crippen LogP contribution is -2.16. The minimum Gasteiger partial charge on any atom is -0.507 e. The van der Waals surface area contributed by atoms with Gasteiger partial charge in [-0.1, -0.05) is 6.92 Å². The molecule has 0 saturated heterocycles. The summed E-state index contributed by atoms with van der Waals surface area (Å²) in [4.78, 5) is 34.6. The number of rotatable bonds is 5. The molecule has 28 heavy (non-hydrogen) atoms. The minimum atomic E-state index is -1.20. The van der Waals surface area contributed by atoms with Gasteiger partial charge in [-0.3, -0.25) is 14.4 Å². The van der Waals surface area contributed by atoms with E-state index in [4.69, 9.17) is 9.84 Å². The van der Waals surface area contributed by atoms with Crippen LogP contribution >= 0.6 is 0 Å². The molecule has 0 aromatic heterocycles. The van der Waals surface area contributed by atoms with Crippen LogP contribution in [-0.4, -0.2) is 27.9 Å². The number of fused-ring (bicyclic) bond motifs is 1. The number of carboxylic acids is 1. The van der Waals surface area contributed by atoms with E-state index in [9.17, 15) is 19.5 Å². The largest absolute Gasteiger partial charge is 0.507 e. The van der Waals surface area contributed by atoms with Crippen molar-refractivity contribution in [1.29, 1.82) is 0 Å². The van der Waals surface area contributed by atoms with Gasteiger partial charge in [-0.25, -0.2) is 0 Å². The highest BCUT2D eigenvalue weighted by Gasteiger charge is 2.32. The summed E-state index contributed by atoms with van der Waals surface area (Å²) in [5.41, 5.74) is 2.97. The third kappa shape index (κ3) is 3.69. The number of Topliss-reactive ketones (excluding diaryl/α,β-unsaturated/α-hetero) is 1. The predicted octanol–water partition coefficient (Wildman–Crippen LogP) is 3.59.